The van der Waals surface area contributed by atoms with Gasteiger partial charge in [-0.3, -0.25) is 0 Å². The molecule has 8 heteroatoms. The second-order valence-electron chi connectivity index (χ2n) is 4.57. The van der Waals surface area contributed by atoms with E-state index >= 15 is 0 Å². The van der Waals surface area contributed by atoms with Crippen LogP contribution < -0.4 is 10.5 Å². The first-order valence-corrected chi connectivity index (χ1v) is 8.69. The van der Waals surface area contributed by atoms with E-state index in [0.29, 0.717) is 18.6 Å². The fraction of sp³-hybridized carbons (Fsp3) is 0.462. The number of hydrogen-bond acceptors (Lipinski definition) is 4. The van der Waals surface area contributed by atoms with Crippen LogP contribution in [0.25, 0.3) is 0 Å². The topological polar surface area (TPSA) is 81.4 Å². The van der Waals surface area contributed by atoms with E-state index in [0.717, 1.165) is 6.42 Å². The number of nitrogens with two attached hydrogens (primary N) is 1. The molecule has 0 saturated heterocycles. The quantitative estimate of drug-likeness (QED) is 0.701. The van der Waals surface area contributed by atoms with Crippen molar-refractivity contribution in [2.75, 3.05) is 13.7 Å². The van der Waals surface area contributed by atoms with E-state index in [1.165, 1.54) is 25.3 Å². The van der Waals surface area contributed by atoms with Gasteiger partial charge in [-0.25, -0.2) is 13.1 Å². The van der Waals surface area contributed by atoms with Crippen LogP contribution in [-0.2, 0) is 14.8 Å². The number of thiocarbonyl (C=S) groups is 1. The second-order valence-corrected chi connectivity index (χ2v) is 7.10. The molecule has 1 aromatic rings. The predicted molar refractivity (Wildman–Crippen MR) is 88.2 cm³/mol. The average Bonchev–Trinajstić information content (AvgIpc) is 2.38. The number of benzene rings is 1. The minimum absolute atomic E-state index is 0.00127. The molecule has 0 aliphatic rings. The summed E-state index contributed by atoms with van der Waals surface area (Å²) in [5.74, 6) is 0. The summed E-state index contributed by atoms with van der Waals surface area (Å²) in [5, 5.41) is 0.0838. The highest BCUT2D eigenvalue weighted by atomic mass is 35.5. The minimum Gasteiger partial charge on any atom is -0.389 e. The zero-order valence-electron chi connectivity index (χ0n) is 11.9. The number of ether oxygens (including phenoxy) is 1. The molecule has 0 radical (unpaired) electrons. The fourth-order valence-electron chi connectivity index (χ4n) is 1.88. The molecule has 21 heavy (non-hydrogen) atoms. The van der Waals surface area contributed by atoms with Crippen LogP contribution in [0.1, 0.15) is 25.3 Å². The Morgan fingerprint density at radius 1 is 1.52 bits per heavy atom. The van der Waals surface area contributed by atoms with Gasteiger partial charge in [0.05, 0.1) is 11.6 Å². The summed E-state index contributed by atoms with van der Waals surface area (Å²) in [5.41, 5.74) is 6.02. The summed E-state index contributed by atoms with van der Waals surface area (Å²) < 4.78 is 32.4. The van der Waals surface area contributed by atoms with Gasteiger partial charge in [-0.15, -0.1) is 0 Å². The zero-order chi connectivity index (χ0) is 16.0. The Hall–Kier alpha value is -0.730. The summed E-state index contributed by atoms with van der Waals surface area (Å²) >= 11 is 10.9. The highest BCUT2D eigenvalue weighted by Gasteiger charge is 2.22. The lowest BCUT2D eigenvalue weighted by atomic mass is 10.2. The molecule has 0 bridgehead atoms. The van der Waals surface area contributed by atoms with Crippen LogP contribution in [0.5, 0.6) is 0 Å². The summed E-state index contributed by atoms with van der Waals surface area (Å²) in [6, 6.07) is 4.09. The van der Waals surface area contributed by atoms with Crippen LogP contribution in [0, 0.1) is 0 Å². The van der Waals surface area contributed by atoms with E-state index < -0.39 is 10.0 Å². The lowest BCUT2D eigenvalue weighted by molar-refractivity contribution is 0.171. The van der Waals surface area contributed by atoms with Crippen LogP contribution in [0.4, 0.5) is 0 Å². The highest BCUT2D eigenvalue weighted by molar-refractivity contribution is 7.89. The van der Waals surface area contributed by atoms with Gasteiger partial charge in [-0.2, -0.15) is 0 Å². The van der Waals surface area contributed by atoms with Crippen molar-refractivity contribution >= 4 is 38.8 Å². The molecular weight excluding hydrogens is 332 g/mol. The molecule has 3 N–H and O–H groups in total. The smallest absolute Gasteiger partial charge is 0.242 e. The molecule has 0 saturated carbocycles. The van der Waals surface area contributed by atoms with E-state index in [9.17, 15) is 8.42 Å². The highest BCUT2D eigenvalue weighted by Crippen LogP contribution is 2.23. The van der Waals surface area contributed by atoms with Gasteiger partial charge in [0.25, 0.3) is 0 Å². The van der Waals surface area contributed by atoms with Crippen molar-refractivity contribution in [2.24, 2.45) is 5.73 Å². The Morgan fingerprint density at radius 3 is 2.67 bits per heavy atom. The van der Waals surface area contributed by atoms with Crippen LogP contribution in [0.15, 0.2) is 23.1 Å². The molecule has 0 aliphatic heterocycles. The summed E-state index contributed by atoms with van der Waals surface area (Å²) in [6.07, 6.45) is 1.51. The van der Waals surface area contributed by atoms with Gasteiger partial charge in [-0.1, -0.05) is 43.2 Å². The lowest BCUT2D eigenvalue weighted by Gasteiger charge is -2.18. The van der Waals surface area contributed by atoms with Crippen molar-refractivity contribution in [3.63, 3.8) is 0 Å². The van der Waals surface area contributed by atoms with Crippen LogP contribution in [-0.4, -0.2) is 33.2 Å². The molecule has 118 valence electrons. The third kappa shape index (κ3) is 5.19. The summed E-state index contributed by atoms with van der Waals surface area (Å²) in [6.45, 7) is 2.27. The summed E-state index contributed by atoms with van der Waals surface area (Å²) in [4.78, 5) is 0.165. The van der Waals surface area contributed by atoms with Crippen LogP contribution in [0.3, 0.4) is 0 Å². The summed E-state index contributed by atoms with van der Waals surface area (Å²) in [7, 11) is -2.19. The first-order chi connectivity index (χ1) is 9.81. The fourth-order valence-corrected chi connectivity index (χ4v) is 3.81. The Bertz CT molecular complexity index is 599. The number of hydrogen-bond donors (Lipinski definition) is 2. The Labute approximate surface area is 135 Å². The maximum atomic E-state index is 12.4. The van der Waals surface area contributed by atoms with Gasteiger partial charge in [0.2, 0.25) is 10.0 Å². The Kier molecular flexibility index (Phi) is 7.02. The van der Waals surface area contributed by atoms with E-state index in [1.54, 1.807) is 0 Å². The molecule has 0 spiro atoms. The molecule has 1 unspecified atom stereocenters. The van der Waals surface area contributed by atoms with E-state index in [1.807, 2.05) is 6.92 Å². The third-order valence-corrected chi connectivity index (χ3v) is 5.07. The standard InChI is InChI=1S/C13H19ClN2O3S2/c1-3-4-10(8-19-2)16-21(17,18)12-6-5-9(13(15)20)7-11(12)14/h5-7,10,16H,3-4,8H2,1-2H3,(H2,15,20). The van der Waals surface area contributed by atoms with Gasteiger partial charge >= 0.3 is 0 Å². The molecule has 1 rings (SSSR count). The molecule has 0 aliphatic carbocycles. The molecule has 1 aromatic carbocycles. The molecule has 0 amide bonds. The van der Waals surface area contributed by atoms with Gasteiger partial charge < -0.3 is 10.5 Å². The second kappa shape index (κ2) is 8.05. The number of rotatable bonds is 8. The van der Waals surface area contributed by atoms with Gasteiger partial charge in [0.15, 0.2) is 0 Å². The van der Waals surface area contributed by atoms with Crippen molar-refractivity contribution < 1.29 is 13.2 Å². The van der Waals surface area contributed by atoms with Crippen molar-refractivity contribution in [1.82, 2.24) is 4.72 Å². The van der Waals surface area contributed by atoms with E-state index in [2.05, 4.69) is 4.72 Å². The van der Waals surface area contributed by atoms with Gasteiger partial charge in [-0.05, 0) is 18.6 Å². The molecule has 5 nitrogen and oxygen atoms in total. The third-order valence-electron chi connectivity index (χ3n) is 2.83. The number of methoxy groups -OCH3 is 1. The number of halogens is 1. The largest absolute Gasteiger partial charge is 0.389 e. The van der Waals surface area contributed by atoms with E-state index in [-0.39, 0.29) is 20.9 Å². The first kappa shape index (κ1) is 18.3. The Balaban J connectivity index is 3.04. The van der Waals surface area contributed by atoms with Crippen molar-refractivity contribution in [3.8, 4) is 0 Å². The monoisotopic (exact) mass is 350 g/mol. The predicted octanol–water partition coefficient (Wildman–Crippen LogP) is 2.07. The first-order valence-electron chi connectivity index (χ1n) is 6.42. The zero-order valence-corrected chi connectivity index (χ0v) is 14.3. The normalized spacial score (nSPS) is 13.1. The molecule has 0 heterocycles. The molecule has 0 fully saturated rings. The van der Waals surface area contributed by atoms with Crippen molar-refractivity contribution in [1.29, 1.82) is 0 Å². The van der Waals surface area contributed by atoms with Crippen molar-refractivity contribution in [3.05, 3.63) is 28.8 Å². The average molecular weight is 351 g/mol. The van der Waals surface area contributed by atoms with Crippen molar-refractivity contribution in [2.45, 2.75) is 30.7 Å². The Morgan fingerprint density at radius 2 is 2.19 bits per heavy atom. The van der Waals surface area contributed by atoms with E-state index in [4.69, 9.17) is 34.3 Å². The SMILES string of the molecule is CCCC(COC)NS(=O)(=O)c1ccc(C(N)=S)cc1Cl. The number of nitrogens with one attached hydrogen (secondary N) is 1. The minimum atomic E-state index is -3.72. The molecule has 1 atom stereocenters. The number of sulfonamides is 1. The molecular formula is C13H19ClN2O3S2. The van der Waals surface area contributed by atoms with Gasteiger partial charge in [0, 0.05) is 18.7 Å². The maximum Gasteiger partial charge on any atom is 0.242 e. The van der Waals surface area contributed by atoms with Crippen LogP contribution in [0.2, 0.25) is 5.02 Å². The lowest BCUT2D eigenvalue weighted by Crippen LogP contribution is -2.38. The van der Waals surface area contributed by atoms with Crippen LogP contribution >= 0.6 is 23.8 Å². The molecule has 0 aromatic heterocycles. The maximum absolute atomic E-state index is 12.4. The van der Waals surface area contributed by atoms with Gasteiger partial charge in [0.1, 0.15) is 9.88 Å².